The molecule has 2 aromatic heterocycles. The number of fused-ring (bicyclic) bond motifs is 1. The lowest BCUT2D eigenvalue weighted by Crippen LogP contribution is -2.50. The molecular weight excluding hydrogens is 435 g/mol. The summed E-state index contributed by atoms with van der Waals surface area (Å²) >= 11 is 0.956. The van der Waals surface area contributed by atoms with Gasteiger partial charge in [-0.3, -0.25) is 14.5 Å². The van der Waals surface area contributed by atoms with E-state index in [0.717, 1.165) is 11.8 Å². The fourth-order valence-electron chi connectivity index (χ4n) is 3.23. The van der Waals surface area contributed by atoms with Gasteiger partial charge in [0.1, 0.15) is 18.1 Å². The number of hydrogen-bond donors (Lipinski definition) is 1. The second-order valence-electron chi connectivity index (χ2n) is 6.70. The number of thioether (sulfide) groups is 1. The number of para-hydroxylation sites is 2. The van der Waals surface area contributed by atoms with Gasteiger partial charge in [0.25, 0.3) is 0 Å². The molecule has 1 atom stereocenters. The zero-order valence-corrected chi connectivity index (χ0v) is 16.7. The first-order valence-corrected chi connectivity index (χ1v) is 10.1. The number of nitrogens with zero attached hydrogens (tertiary/aromatic N) is 4. The number of hydrogen-bond acceptors (Lipinski definition) is 6. The highest BCUT2D eigenvalue weighted by Gasteiger charge is 2.48. The highest BCUT2D eigenvalue weighted by atomic mass is 32.2. The number of furan rings is 1. The van der Waals surface area contributed by atoms with Crippen LogP contribution in [0.2, 0.25) is 0 Å². The summed E-state index contributed by atoms with van der Waals surface area (Å²) in [6.45, 7) is 0.312. The average Bonchev–Trinajstić information content (AvgIpc) is 3.35. The van der Waals surface area contributed by atoms with E-state index in [-0.39, 0.29) is 17.1 Å². The van der Waals surface area contributed by atoms with Crippen molar-refractivity contribution in [3.63, 3.8) is 0 Å². The number of carbonyl (C=O) groups excluding carboxylic acids is 2. The van der Waals surface area contributed by atoms with E-state index in [1.807, 2.05) is 0 Å². The van der Waals surface area contributed by atoms with Crippen LogP contribution in [0.3, 0.4) is 0 Å². The Hall–Kier alpha value is -3.28. The third-order valence-electron chi connectivity index (χ3n) is 4.59. The zero-order valence-electron chi connectivity index (χ0n) is 15.9. The molecule has 2 amide bonds. The summed E-state index contributed by atoms with van der Waals surface area (Å²) < 4.78 is 48.2. The molecular formula is C19H16F3N5O3S. The Morgan fingerprint density at radius 2 is 2.06 bits per heavy atom. The van der Waals surface area contributed by atoms with Gasteiger partial charge < -0.3 is 14.3 Å². The molecule has 0 aliphatic carbocycles. The Labute approximate surface area is 178 Å². The molecule has 8 nitrogen and oxygen atoms in total. The Kier molecular flexibility index (Phi) is 5.72. The number of nitrogens with one attached hydrogen (secondary N) is 1. The van der Waals surface area contributed by atoms with Gasteiger partial charge in [0.05, 0.1) is 36.4 Å². The van der Waals surface area contributed by atoms with Crippen LogP contribution in [0.25, 0.3) is 0 Å². The minimum absolute atomic E-state index is 0.00155. The van der Waals surface area contributed by atoms with Crippen molar-refractivity contribution in [3.05, 3.63) is 54.7 Å². The first kappa shape index (κ1) is 21.0. The van der Waals surface area contributed by atoms with Gasteiger partial charge in [0.2, 0.25) is 11.8 Å². The molecule has 0 unspecified atom stereocenters. The predicted molar refractivity (Wildman–Crippen MR) is 106 cm³/mol. The summed E-state index contributed by atoms with van der Waals surface area (Å²) in [7, 11) is 0. The summed E-state index contributed by atoms with van der Waals surface area (Å²) in [6.07, 6.45) is -2.71. The fraction of sp³-hybridized carbons (Fsp3) is 0.263. The monoisotopic (exact) mass is 451 g/mol. The van der Waals surface area contributed by atoms with Crippen LogP contribution < -0.4 is 10.2 Å². The van der Waals surface area contributed by atoms with Gasteiger partial charge in [0, 0.05) is 0 Å². The smallest absolute Gasteiger partial charge is 0.409 e. The summed E-state index contributed by atoms with van der Waals surface area (Å²) in [5, 5.41) is 10.5. The molecule has 0 spiro atoms. The molecule has 1 aromatic carbocycles. The number of halogens is 3. The van der Waals surface area contributed by atoms with Gasteiger partial charge >= 0.3 is 6.18 Å². The SMILES string of the molecule is O=C1C[C@@H](C(F)(F)F)N(C(=O)CSc2nncn2Cc2ccco2)c2ccccc2N1. The zero-order chi connectivity index (χ0) is 22.0. The first-order valence-electron chi connectivity index (χ1n) is 9.13. The molecule has 3 heterocycles. The highest BCUT2D eigenvalue weighted by molar-refractivity contribution is 7.99. The molecule has 4 rings (SSSR count). The number of benzene rings is 1. The van der Waals surface area contributed by atoms with E-state index in [4.69, 9.17) is 4.42 Å². The van der Waals surface area contributed by atoms with Crippen molar-refractivity contribution in [2.75, 3.05) is 16.0 Å². The second kappa shape index (κ2) is 8.46. The van der Waals surface area contributed by atoms with Crippen LogP contribution in [0.1, 0.15) is 12.2 Å². The van der Waals surface area contributed by atoms with Crippen LogP contribution in [0.5, 0.6) is 0 Å². The Morgan fingerprint density at radius 1 is 1.26 bits per heavy atom. The van der Waals surface area contributed by atoms with Crippen LogP contribution in [-0.2, 0) is 16.1 Å². The van der Waals surface area contributed by atoms with Crippen molar-refractivity contribution in [1.29, 1.82) is 0 Å². The molecule has 162 valence electrons. The summed E-state index contributed by atoms with van der Waals surface area (Å²) in [4.78, 5) is 25.7. The van der Waals surface area contributed by atoms with Crippen molar-refractivity contribution in [2.45, 2.75) is 30.3 Å². The maximum absolute atomic E-state index is 13.8. The predicted octanol–water partition coefficient (Wildman–Crippen LogP) is 3.32. The minimum Gasteiger partial charge on any atom is -0.467 e. The van der Waals surface area contributed by atoms with Gasteiger partial charge in [0.15, 0.2) is 5.16 Å². The lowest BCUT2D eigenvalue weighted by molar-refractivity contribution is -0.157. The Balaban J connectivity index is 1.58. The number of carbonyl (C=O) groups is 2. The standard InChI is InChI=1S/C19H16F3N5O3S/c20-19(21,22)15-8-16(28)24-13-5-1-2-6-14(13)27(15)17(29)10-31-18-25-23-11-26(18)9-12-4-3-7-30-12/h1-7,11,15H,8-10H2,(H,24,28)/t15-/m0/s1. The largest absolute Gasteiger partial charge is 0.467 e. The third-order valence-corrected chi connectivity index (χ3v) is 5.55. The van der Waals surface area contributed by atoms with Crippen molar-refractivity contribution >= 4 is 35.0 Å². The van der Waals surface area contributed by atoms with Crippen molar-refractivity contribution in [3.8, 4) is 0 Å². The van der Waals surface area contributed by atoms with Crippen molar-refractivity contribution in [2.24, 2.45) is 0 Å². The van der Waals surface area contributed by atoms with E-state index in [0.29, 0.717) is 22.4 Å². The molecule has 31 heavy (non-hydrogen) atoms. The summed E-state index contributed by atoms with van der Waals surface area (Å²) in [6, 6.07) is 7.12. The fourth-order valence-corrected chi connectivity index (χ4v) is 4.00. The molecule has 0 radical (unpaired) electrons. The third kappa shape index (κ3) is 4.58. The van der Waals surface area contributed by atoms with Crippen LogP contribution >= 0.6 is 11.8 Å². The van der Waals surface area contributed by atoms with E-state index >= 15 is 0 Å². The number of alkyl halides is 3. The molecule has 0 saturated carbocycles. The summed E-state index contributed by atoms with van der Waals surface area (Å²) in [5.74, 6) is -1.30. The van der Waals surface area contributed by atoms with Crippen molar-refractivity contribution in [1.82, 2.24) is 14.8 Å². The molecule has 12 heteroatoms. The number of anilines is 2. The van der Waals surface area contributed by atoms with Crippen molar-refractivity contribution < 1.29 is 27.2 Å². The van der Waals surface area contributed by atoms with Crippen LogP contribution in [0.4, 0.5) is 24.5 Å². The molecule has 1 N–H and O–H groups in total. The van der Waals surface area contributed by atoms with E-state index < -0.39 is 30.5 Å². The van der Waals surface area contributed by atoms with Crippen LogP contribution in [-0.4, -0.2) is 44.5 Å². The minimum atomic E-state index is -4.78. The topological polar surface area (TPSA) is 93.3 Å². The number of rotatable bonds is 5. The lowest BCUT2D eigenvalue weighted by Gasteiger charge is -2.31. The quantitative estimate of drug-likeness (QED) is 0.599. The highest BCUT2D eigenvalue weighted by Crippen LogP contribution is 2.38. The normalized spacial score (nSPS) is 16.5. The molecule has 0 saturated heterocycles. The van der Waals surface area contributed by atoms with Gasteiger partial charge in [-0.15, -0.1) is 10.2 Å². The molecule has 1 aliphatic rings. The summed E-state index contributed by atoms with van der Waals surface area (Å²) in [5.41, 5.74) is 0.150. The maximum Gasteiger partial charge on any atom is 0.409 e. The van der Waals surface area contributed by atoms with Gasteiger partial charge in [-0.2, -0.15) is 13.2 Å². The van der Waals surface area contributed by atoms with Gasteiger partial charge in [-0.25, -0.2) is 0 Å². The van der Waals surface area contributed by atoms with E-state index in [1.165, 1.54) is 30.8 Å². The van der Waals surface area contributed by atoms with E-state index in [9.17, 15) is 22.8 Å². The lowest BCUT2D eigenvalue weighted by atomic mass is 10.1. The maximum atomic E-state index is 13.8. The van der Waals surface area contributed by atoms with E-state index in [2.05, 4.69) is 15.5 Å². The van der Waals surface area contributed by atoms with Gasteiger partial charge in [-0.1, -0.05) is 23.9 Å². The van der Waals surface area contributed by atoms with Crippen LogP contribution in [0, 0.1) is 0 Å². The Bertz CT molecular complexity index is 1080. The van der Waals surface area contributed by atoms with Crippen LogP contribution in [0.15, 0.2) is 58.6 Å². The first-order chi connectivity index (χ1) is 14.8. The van der Waals surface area contributed by atoms with E-state index in [1.54, 1.807) is 22.8 Å². The second-order valence-corrected chi connectivity index (χ2v) is 7.64. The average molecular weight is 451 g/mol. The molecule has 0 fully saturated rings. The Morgan fingerprint density at radius 3 is 2.81 bits per heavy atom. The molecule has 3 aromatic rings. The number of aromatic nitrogens is 3. The molecule has 1 aliphatic heterocycles. The number of amides is 2. The van der Waals surface area contributed by atoms with Gasteiger partial charge in [-0.05, 0) is 24.3 Å². The molecule has 0 bridgehead atoms.